The SMILES string of the molecule is c1ccc2cc(-c3c(-c4ccc5ccccc5c4)n(-c4cc5ccc6cc(-n7c(-c8ccc9ccccc9c8)c(-c8ccc9ccccc9c8)c8ccccc87)cc7ccc(c4)c5c67)c4ccccc34)ccc2c1. The summed E-state index contributed by atoms with van der Waals surface area (Å²) in [5.74, 6) is 0. The number of hydrogen-bond acceptors (Lipinski definition) is 0. The van der Waals surface area contributed by atoms with Gasteiger partial charge in [-0.05, 0) is 158 Å². The van der Waals surface area contributed by atoms with Crippen LogP contribution in [0.5, 0.6) is 0 Å². The van der Waals surface area contributed by atoms with Gasteiger partial charge in [-0.25, -0.2) is 0 Å². The number of benzene rings is 14. The van der Waals surface area contributed by atoms with Crippen LogP contribution in [0.25, 0.3) is 153 Å². The van der Waals surface area contributed by atoms with Gasteiger partial charge >= 0.3 is 0 Å². The Labute approximate surface area is 427 Å². The van der Waals surface area contributed by atoms with Gasteiger partial charge in [0, 0.05) is 33.3 Å². The molecule has 2 aromatic heterocycles. The van der Waals surface area contributed by atoms with Crippen molar-refractivity contribution in [3.8, 4) is 56.1 Å². The molecule has 2 heterocycles. The fourth-order valence-electron chi connectivity index (χ4n) is 12.6. The lowest BCUT2D eigenvalue weighted by atomic mass is 9.93. The predicted molar refractivity (Wildman–Crippen MR) is 316 cm³/mol. The first kappa shape index (κ1) is 40.9. The van der Waals surface area contributed by atoms with Crippen LogP contribution >= 0.6 is 0 Å². The van der Waals surface area contributed by atoms with Crippen LogP contribution in [0.3, 0.4) is 0 Å². The van der Waals surface area contributed by atoms with Crippen LogP contribution < -0.4 is 0 Å². The Morgan fingerprint density at radius 2 is 0.473 bits per heavy atom. The van der Waals surface area contributed by atoms with E-state index >= 15 is 0 Å². The summed E-state index contributed by atoms with van der Waals surface area (Å²) in [7, 11) is 0. The van der Waals surface area contributed by atoms with Crippen LogP contribution in [0.2, 0.25) is 0 Å². The van der Waals surface area contributed by atoms with E-state index in [-0.39, 0.29) is 0 Å². The van der Waals surface area contributed by atoms with Crippen molar-refractivity contribution in [2.75, 3.05) is 0 Å². The van der Waals surface area contributed by atoms with E-state index in [1.54, 1.807) is 0 Å². The van der Waals surface area contributed by atoms with Gasteiger partial charge in [0.25, 0.3) is 0 Å². The molecule has 14 aromatic carbocycles. The highest BCUT2D eigenvalue weighted by atomic mass is 15.0. The fraction of sp³-hybridized carbons (Fsp3) is 0. The second kappa shape index (κ2) is 15.9. The summed E-state index contributed by atoms with van der Waals surface area (Å²) in [5.41, 5.74) is 14.3. The monoisotopic (exact) mass is 936 g/mol. The minimum absolute atomic E-state index is 1.14. The van der Waals surface area contributed by atoms with Crippen LogP contribution in [-0.2, 0) is 0 Å². The highest BCUT2D eigenvalue weighted by Gasteiger charge is 2.25. The molecule has 0 aliphatic heterocycles. The third-order valence-electron chi connectivity index (χ3n) is 15.9. The smallest absolute Gasteiger partial charge is 0.0619 e. The van der Waals surface area contributed by atoms with Crippen molar-refractivity contribution in [3.63, 3.8) is 0 Å². The summed E-state index contributed by atoms with van der Waals surface area (Å²) in [5, 5.41) is 19.8. The van der Waals surface area contributed by atoms with E-state index < -0.39 is 0 Å². The van der Waals surface area contributed by atoms with Crippen LogP contribution in [0.4, 0.5) is 0 Å². The van der Waals surface area contributed by atoms with E-state index in [4.69, 9.17) is 0 Å². The zero-order valence-electron chi connectivity index (χ0n) is 40.3. The number of aromatic nitrogens is 2. The molecule has 0 saturated heterocycles. The van der Waals surface area contributed by atoms with Gasteiger partial charge in [0.05, 0.1) is 22.4 Å². The summed E-state index contributed by atoms with van der Waals surface area (Å²) in [6.07, 6.45) is 0. The zero-order chi connectivity index (χ0) is 48.4. The Hall–Kier alpha value is -9.76. The summed E-state index contributed by atoms with van der Waals surface area (Å²) in [6.45, 7) is 0. The average Bonchev–Trinajstić information content (AvgIpc) is 4.01. The zero-order valence-corrected chi connectivity index (χ0v) is 40.3. The molecule has 16 rings (SSSR count). The van der Waals surface area contributed by atoms with Crippen molar-refractivity contribution < 1.29 is 0 Å². The van der Waals surface area contributed by atoms with Crippen LogP contribution in [0, 0.1) is 0 Å². The van der Waals surface area contributed by atoms with Crippen molar-refractivity contribution in [2.24, 2.45) is 0 Å². The molecule has 0 saturated carbocycles. The quantitative estimate of drug-likeness (QED) is 0.147. The molecule has 0 amide bonds. The van der Waals surface area contributed by atoms with Crippen LogP contribution in [0.1, 0.15) is 0 Å². The van der Waals surface area contributed by atoms with Crippen molar-refractivity contribution >= 4 is 97.2 Å². The second-order valence-corrected chi connectivity index (χ2v) is 20.1. The number of fused-ring (bicyclic) bond motifs is 6. The summed E-state index contributed by atoms with van der Waals surface area (Å²) >= 11 is 0. The first-order valence-electron chi connectivity index (χ1n) is 25.6. The van der Waals surface area contributed by atoms with Crippen molar-refractivity contribution in [2.45, 2.75) is 0 Å². The third-order valence-corrected chi connectivity index (χ3v) is 15.9. The molecule has 0 aliphatic carbocycles. The number of rotatable bonds is 6. The Bertz CT molecular complexity index is 4590. The molecule has 2 nitrogen and oxygen atoms in total. The predicted octanol–water partition coefficient (Wildman–Crippen LogP) is 19.8. The Morgan fingerprint density at radius 3 is 0.824 bits per heavy atom. The minimum Gasteiger partial charge on any atom is -0.309 e. The molecule has 0 radical (unpaired) electrons. The average molecular weight is 937 g/mol. The van der Waals surface area contributed by atoms with E-state index in [0.717, 1.165) is 11.4 Å². The summed E-state index contributed by atoms with van der Waals surface area (Å²) in [4.78, 5) is 0. The van der Waals surface area contributed by atoms with Gasteiger partial charge in [0.15, 0.2) is 0 Å². The Morgan fingerprint density at radius 1 is 0.203 bits per heavy atom. The lowest BCUT2D eigenvalue weighted by Crippen LogP contribution is -2.00. The molecule has 2 heteroatoms. The van der Waals surface area contributed by atoms with Gasteiger partial charge in [0.1, 0.15) is 0 Å². The van der Waals surface area contributed by atoms with Gasteiger partial charge in [0.2, 0.25) is 0 Å². The topological polar surface area (TPSA) is 9.86 Å². The Kier molecular flexibility index (Phi) is 8.78. The lowest BCUT2D eigenvalue weighted by molar-refractivity contribution is 1.14. The fourth-order valence-corrected chi connectivity index (χ4v) is 12.6. The Balaban J connectivity index is 0.924. The van der Waals surface area contributed by atoms with Gasteiger partial charge in [-0.1, -0.05) is 206 Å². The van der Waals surface area contributed by atoms with Crippen LogP contribution in [0.15, 0.2) is 267 Å². The normalized spacial score (nSPS) is 12.1. The molecule has 0 bridgehead atoms. The van der Waals surface area contributed by atoms with Crippen molar-refractivity contribution in [3.05, 3.63) is 267 Å². The van der Waals surface area contributed by atoms with E-state index in [0.29, 0.717) is 0 Å². The molecule has 0 atom stereocenters. The van der Waals surface area contributed by atoms with Gasteiger partial charge in [-0.15, -0.1) is 0 Å². The molecule has 0 fully saturated rings. The maximum Gasteiger partial charge on any atom is 0.0619 e. The van der Waals surface area contributed by atoms with E-state index in [9.17, 15) is 0 Å². The first-order chi connectivity index (χ1) is 36.7. The maximum atomic E-state index is 2.52. The maximum absolute atomic E-state index is 2.52. The molecule has 342 valence electrons. The van der Waals surface area contributed by atoms with Crippen molar-refractivity contribution in [1.29, 1.82) is 0 Å². The van der Waals surface area contributed by atoms with E-state index in [1.165, 1.54) is 142 Å². The van der Waals surface area contributed by atoms with Gasteiger partial charge < -0.3 is 9.13 Å². The van der Waals surface area contributed by atoms with E-state index in [1.807, 2.05) is 0 Å². The highest BCUT2D eigenvalue weighted by molar-refractivity contribution is 6.24. The molecule has 16 aromatic rings. The van der Waals surface area contributed by atoms with Gasteiger partial charge in [-0.2, -0.15) is 0 Å². The molecule has 74 heavy (non-hydrogen) atoms. The molecule has 0 N–H and O–H groups in total. The molecule has 0 spiro atoms. The lowest BCUT2D eigenvalue weighted by Gasteiger charge is -2.19. The summed E-state index contributed by atoms with van der Waals surface area (Å²) in [6, 6.07) is 99.5. The highest BCUT2D eigenvalue weighted by Crippen LogP contribution is 2.48. The molecular weight excluding hydrogens is 893 g/mol. The molecule has 0 unspecified atom stereocenters. The second-order valence-electron chi connectivity index (χ2n) is 20.1. The molecular formula is C72H44N2. The third kappa shape index (κ3) is 6.19. The van der Waals surface area contributed by atoms with Crippen LogP contribution in [-0.4, -0.2) is 9.13 Å². The van der Waals surface area contributed by atoms with E-state index in [2.05, 4.69) is 276 Å². The standard InChI is InChI=1S/C72H44N2/c1-5-17-49-37-53(29-25-45(49)13-1)69-63-21-9-11-23-65(63)73(71(69)59-35-27-47-15-3-7-19-51(47)39-59)61-41-55-31-33-57-43-62(44-58-34-32-56(42-61)67(55)68(57)58)74-66-24-12-10-22-64(66)70(54-30-26-46-14-2-6-18-50(46)38-54)72(74)60-36-28-48-16-4-8-20-52(48)40-60/h1-44H. The number of nitrogens with zero attached hydrogens (tertiary/aromatic N) is 2. The van der Waals surface area contributed by atoms with Crippen molar-refractivity contribution in [1.82, 2.24) is 9.13 Å². The number of hydrogen-bond donors (Lipinski definition) is 0. The molecule has 0 aliphatic rings. The number of para-hydroxylation sites is 2. The summed E-state index contributed by atoms with van der Waals surface area (Å²) < 4.78 is 5.05. The minimum atomic E-state index is 1.14. The largest absolute Gasteiger partial charge is 0.309 e. The first-order valence-corrected chi connectivity index (χ1v) is 25.6. The van der Waals surface area contributed by atoms with Gasteiger partial charge in [-0.3, -0.25) is 0 Å².